The fourth-order valence-corrected chi connectivity index (χ4v) is 2.71. The molecule has 0 radical (unpaired) electrons. The van der Waals surface area contributed by atoms with E-state index in [0.717, 1.165) is 22.6 Å². The Balaban J connectivity index is 2.76. The largest absolute Gasteiger partial charge is 0.231 e. The SMILES string of the molecule is CC=C(C)c1nc(C(C)(C)C)c2sccc2n1. The van der Waals surface area contributed by atoms with E-state index in [0.29, 0.717) is 0 Å². The van der Waals surface area contributed by atoms with Gasteiger partial charge in [0.15, 0.2) is 5.82 Å². The summed E-state index contributed by atoms with van der Waals surface area (Å²) in [5, 5.41) is 2.09. The highest BCUT2D eigenvalue weighted by Gasteiger charge is 2.21. The lowest BCUT2D eigenvalue weighted by molar-refractivity contribution is 0.574. The smallest absolute Gasteiger partial charge is 0.155 e. The summed E-state index contributed by atoms with van der Waals surface area (Å²) in [6.07, 6.45) is 2.06. The quantitative estimate of drug-likeness (QED) is 0.744. The molecule has 90 valence electrons. The van der Waals surface area contributed by atoms with Crippen LogP contribution in [0, 0.1) is 0 Å². The summed E-state index contributed by atoms with van der Waals surface area (Å²) < 4.78 is 1.21. The lowest BCUT2D eigenvalue weighted by Gasteiger charge is -2.19. The van der Waals surface area contributed by atoms with Crippen LogP contribution in [0.1, 0.15) is 46.1 Å². The van der Waals surface area contributed by atoms with E-state index in [4.69, 9.17) is 4.98 Å². The Morgan fingerprint density at radius 2 is 2.00 bits per heavy atom. The number of hydrogen-bond acceptors (Lipinski definition) is 3. The van der Waals surface area contributed by atoms with E-state index in [2.05, 4.69) is 50.2 Å². The number of nitrogens with zero attached hydrogens (tertiary/aromatic N) is 2. The number of rotatable bonds is 1. The molecule has 0 amide bonds. The molecule has 0 aliphatic heterocycles. The molecule has 3 heteroatoms. The highest BCUT2D eigenvalue weighted by atomic mass is 32.1. The van der Waals surface area contributed by atoms with Gasteiger partial charge in [0.2, 0.25) is 0 Å². The summed E-state index contributed by atoms with van der Waals surface area (Å²) in [5.41, 5.74) is 3.39. The average molecular weight is 246 g/mol. The van der Waals surface area contributed by atoms with Gasteiger partial charge < -0.3 is 0 Å². The zero-order valence-corrected chi connectivity index (χ0v) is 11.9. The normalized spacial score (nSPS) is 13.4. The van der Waals surface area contributed by atoms with Crippen LogP contribution >= 0.6 is 11.3 Å². The molecule has 0 aliphatic rings. The average Bonchev–Trinajstić information content (AvgIpc) is 2.72. The molecule has 17 heavy (non-hydrogen) atoms. The summed E-state index contributed by atoms with van der Waals surface area (Å²) in [4.78, 5) is 9.36. The first-order valence-electron chi connectivity index (χ1n) is 5.82. The molecule has 0 atom stereocenters. The van der Waals surface area contributed by atoms with Crippen molar-refractivity contribution in [3.05, 3.63) is 29.0 Å². The van der Waals surface area contributed by atoms with Crippen LogP contribution in [0.5, 0.6) is 0 Å². The third-order valence-corrected chi connectivity index (χ3v) is 3.71. The van der Waals surface area contributed by atoms with E-state index in [9.17, 15) is 0 Å². The first-order chi connectivity index (χ1) is 7.93. The van der Waals surface area contributed by atoms with E-state index in [1.807, 2.05) is 6.92 Å². The second-order valence-electron chi connectivity index (χ2n) is 5.25. The third-order valence-electron chi connectivity index (χ3n) is 2.80. The molecule has 0 unspecified atom stereocenters. The van der Waals surface area contributed by atoms with E-state index in [1.54, 1.807) is 11.3 Å². The van der Waals surface area contributed by atoms with Crippen molar-refractivity contribution in [2.24, 2.45) is 0 Å². The van der Waals surface area contributed by atoms with Crippen LogP contribution in [0.25, 0.3) is 15.8 Å². The summed E-state index contributed by atoms with van der Waals surface area (Å²) in [6, 6.07) is 2.07. The molecule has 0 saturated carbocycles. The molecular formula is C14H18N2S. The minimum absolute atomic E-state index is 0.0504. The molecule has 2 rings (SSSR count). The first kappa shape index (κ1) is 12.2. The van der Waals surface area contributed by atoms with Crippen molar-refractivity contribution >= 4 is 27.1 Å². The topological polar surface area (TPSA) is 25.8 Å². The number of allylic oxidation sites excluding steroid dienone is 2. The van der Waals surface area contributed by atoms with Gasteiger partial charge in [0.25, 0.3) is 0 Å². The predicted molar refractivity (Wildman–Crippen MR) is 75.4 cm³/mol. The van der Waals surface area contributed by atoms with Gasteiger partial charge in [-0.3, -0.25) is 0 Å². The maximum absolute atomic E-state index is 4.75. The molecule has 0 saturated heterocycles. The van der Waals surface area contributed by atoms with Gasteiger partial charge >= 0.3 is 0 Å². The zero-order valence-electron chi connectivity index (χ0n) is 11.0. The van der Waals surface area contributed by atoms with E-state index in [-0.39, 0.29) is 5.41 Å². The number of fused-ring (bicyclic) bond motifs is 1. The van der Waals surface area contributed by atoms with Gasteiger partial charge in [-0.15, -0.1) is 11.3 Å². The summed E-state index contributed by atoms with van der Waals surface area (Å²) >= 11 is 1.72. The van der Waals surface area contributed by atoms with Crippen molar-refractivity contribution in [1.29, 1.82) is 0 Å². The van der Waals surface area contributed by atoms with Crippen LogP contribution in [-0.2, 0) is 5.41 Å². The van der Waals surface area contributed by atoms with E-state index >= 15 is 0 Å². The van der Waals surface area contributed by atoms with Gasteiger partial charge in [0.1, 0.15) is 0 Å². The number of hydrogen-bond donors (Lipinski definition) is 0. The van der Waals surface area contributed by atoms with Crippen LogP contribution in [0.4, 0.5) is 0 Å². The lowest BCUT2D eigenvalue weighted by atomic mass is 9.91. The minimum Gasteiger partial charge on any atom is -0.231 e. The Morgan fingerprint density at radius 1 is 1.29 bits per heavy atom. The third kappa shape index (κ3) is 2.25. The van der Waals surface area contributed by atoms with Crippen LogP contribution in [0.3, 0.4) is 0 Å². The van der Waals surface area contributed by atoms with Crippen molar-refractivity contribution < 1.29 is 0 Å². The Hall–Kier alpha value is -1.22. The maximum Gasteiger partial charge on any atom is 0.155 e. The van der Waals surface area contributed by atoms with Gasteiger partial charge in [0, 0.05) is 5.41 Å². The standard InChI is InChI=1S/C14H18N2S/c1-6-9(2)13-15-10-7-8-17-11(10)12(16-13)14(3,4)5/h6-8H,1-5H3. The molecule has 0 aromatic carbocycles. The molecule has 2 heterocycles. The number of thiophene rings is 1. The molecule has 2 aromatic rings. The fourth-order valence-electron chi connectivity index (χ4n) is 1.68. The molecular weight excluding hydrogens is 228 g/mol. The first-order valence-corrected chi connectivity index (χ1v) is 6.70. The molecule has 2 nitrogen and oxygen atoms in total. The van der Waals surface area contributed by atoms with Crippen molar-refractivity contribution in [1.82, 2.24) is 9.97 Å². The summed E-state index contributed by atoms with van der Waals surface area (Å²) in [6.45, 7) is 10.7. The fraction of sp³-hybridized carbons (Fsp3) is 0.429. The van der Waals surface area contributed by atoms with Crippen LogP contribution < -0.4 is 0 Å². The van der Waals surface area contributed by atoms with E-state index in [1.165, 1.54) is 4.70 Å². The highest BCUT2D eigenvalue weighted by molar-refractivity contribution is 7.17. The van der Waals surface area contributed by atoms with Gasteiger partial charge in [-0.05, 0) is 30.9 Å². The van der Waals surface area contributed by atoms with Gasteiger partial charge in [-0.25, -0.2) is 9.97 Å². The monoisotopic (exact) mass is 246 g/mol. The Bertz CT molecular complexity index is 573. The van der Waals surface area contributed by atoms with Crippen LogP contribution in [-0.4, -0.2) is 9.97 Å². The summed E-state index contributed by atoms with van der Waals surface area (Å²) in [7, 11) is 0. The summed E-state index contributed by atoms with van der Waals surface area (Å²) in [5.74, 6) is 0.850. The molecule has 0 fully saturated rings. The Kier molecular flexibility index (Phi) is 3.04. The van der Waals surface area contributed by atoms with Crippen molar-refractivity contribution in [3.63, 3.8) is 0 Å². The Morgan fingerprint density at radius 3 is 2.59 bits per heavy atom. The Labute approximate surface area is 106 Å². The van der Waals surface area contributed by atoms with Crippen LogP contribution in [0.15, 0.2) is 17.5 Å². The molecule has 0 aliphatic carbocycles. The van der Waals surface area contributed by atoms with E-state index < -0.39 is 0 Å². The van der Waals surface area contributed by atoms with Gasteiger partial charge in [-0.2, -0.15) is 0 Å². The van der Waals surface area contributed by atoms with Crippen molar-refractivity contribution in [3.8, 4) is 0 Å². The minimum atomic E-state index is 0.0504. The molecule has 0 spiro atoms. The zero-order chi connectivity index (χ0) is 12.6. The second-order valence-corrected chi connectivity index (χ2v) is 6.17. The second kappa shape index (κ2) is 4.22. The van der Waals surface area contributed by atoms with Gasteiger partial charge in [-0.1, -0.05) is 26.8 Å². The highest BCUT2D eigenvalue weighted by Crippen LogP contribution is 2.32. The molecule has 0 bridgehead atoms. The van der Waals surface area contributed by atoms with Crippen LogP contribution in [0.2, 0.25) is 0 Å². The van der Waals surface area contributed by atoms with Crippen molar-refractivity contribution in [2.75, 3.05) is 0 Å². The predicted octanol–water partition coefficient (Wildman–Crippen LogP) is 4.41. The van der Waals surface area contributed by atoms with Crippen molar-refractivity contribution in [2.45, 2.75) is 40.0 Å². The maximum atomic E-state index is 4.75. The molecule has 2 aromatic heterocycles. The number of aromatic nitrogens is 2. The molecule has 0 N–H and O–H groups in total. The lowest BCUT2D eigenvalue weighted by Crippen LogP contribution is -2.15. The van der Waals surface area contributed by atoms with Gasteiger partial charge in [0.05, 0.1) is 15.9 Å².